The average molecular weight is 759 g/mol. The van der Waals surface area contributed by atoms with E-state index in [9.17, 15) is 5.26 Å². The summed E-state index contributed by atoms with van der Waals surface area (Å²) in [5.41, 5.74) is 11.3. The fourth-order valence-electron chi connectivity index (χ4n) is 8.00. The summed E-state index contributed by atoms with van der Waals surface area (Å²) in [6.07, 6.45) is 0. The Balaban J connectivity index is 1.07. The molecule has 0 spiro atoms. The molecule has 0 unspecified atom stereocenters. The highest BCUT2D eigenvalue weighted by molar-refractivity contribution is 7.25. The molecular weight excluding hydrogens is 729 g/mol. The first kappa shape index (κ1) is 33.6. The summed E-state index contributed by atoms with van der Waals surface area (Å²) < 4.78 is 8.98. The van der Waals surface area contributed by atoms with E-state index in [1.165, 1.54) is 25.9 Å². The van der Waals surface area contributed by atoms with Gasteiger partial charge in [0.2, 0.25) is 0 Å². The van der Waals surface area contributed by atoms with Gasteiger partial charge in [-0.3, -0.25) is 0 Å². The highest BCUT2D eigenvalue weighted by Gasteiger charge is 2.19. The molecule has 11 rings (SSSR count). The molecule has 3 heterocycles. The quantitative estimate of drug-likeness (QED) is 0.169. The molecular formula is C52H30N4OS. The van der Waals surface area contributed by atoms with Crippen LogP contribution in [0.4, 0.5) is 0 Å². The predicted octanol–water partition coefficient (Wildman–Crippen LogP) is 14.0. The molecule has 0 amide bonds. The lowest BCUT2D eigenvalue weighted by Gasteiger charge is -2.11. The molecule has 3 aromatic heterocycles. The Morgan fingerprint density at radius 1 is 0.397 bits per heavy atom. The van der Waals surface area contributed by atoms with Crippen LogP contribution in [0.3, 0.4) is 0 Å². The number of nitriles is 1. The third-order valence-electron chi connectivity index (χ3n) is 10.8. The number of fused-ring (bicyclic) bond motifs is 6. The number of nitrogens with zero attached hydrogens (tertiary/aromatic N) is 4. The second kappa shape index (κ2) is 13.8. The maximum absolute atomic E-state index is 9.58. The maximum Gasteiger partial charge on any atom is 0.164 e. The van der Waals surface area contributed by atoms with E-state index in [-0.39, 0.29) is 0 Å². The van der Waals surface area contributed by atoms with Crippen molar-refractivity contribution in [3.05, 3.63) is 188 Å². The smallest absolute Gasteiger partial charge is 0.164 e. The third-order valence-corrected chi connectivity index (χ3v) is 11.9. The van der Waals surface area contributed by atoms with Gasteiger partial charge in [0, 0.05) is 47.6 Å². The van der Waals surface area contributed by atoms with E-state index in [2.05, 4.69) is 127 Å². The Morgan fingerprint density at radius 2 is 1.00 bits per heavy atom. The van der Waals surface area contributed by atoms with Crippen LogP contribution in [0.25, 0.3) is 110 Å². The van der Waals surface area contributed by atoms with Crippen molar-refractivity contribution < 1.29 is 4.42 Å². The lowest BCUT2D eigenvalue weighted by atomic mass is 9.96. The highest BCUT2D eigenvalue weighted by atomic mass is 32.1. The maximum atomic E-state index is 9.58. The summed E-state index contributed by atoms with van der Waals surface area (Å²) in [6.45, 7) is 0. The van der Waals surface area contributed by atoms with Crippen LogP contribution in [-0.2, 0) is 0 Å². The first-order valence-electron chi connectivity index (χ1n) is 19.1. The van der Waals surface area contributed by atoms with E-state index < -0.39 is 0 Å². The van der Waals surface area contributed by atoms with Gasteiger partial charge in [-0.25, -0.2) is 15.0 Å². The van der Waals surface area contributed by atoms with Gasteiger partial charge in [-0.05, 0) is 81.9 Å². The van der Waals surface area contributed by atoms with E-state index in [0.717, 1.165) is 66.3 Å². The highest BCUT2D eigenvalue weighted by Crippen LogP contribution is 2.41. The summed E-state index contributed by atoms with van der Waals surface area (Å²) in [6, 6.07) is 64.5. The van der Waals surface area contributed by atoms with Crippen molar-refractivity contribution in [2.24, 2.45) is 0 Å². The van der Waals surface area contributed by atoms with Crippen LogP contribution < -0.4 is 0 Å². The Labute approximate surface area is 337 Å². The molecule has 270 valence electrons. The monoisotopic (exact) mass is 758 g/mol. The molecule has 0 aliphatic heterocycles. The molecule has 0 fully saturated rings. The molecule has 0 aliphatic rings. The zero-order valence-electron chi connectivity index (χ0n) is 30.9. The lowest BCUT2D eigenvalue weighted by Crippen LogP contribution is -2.00. The van der Waals surface area contributed by atoms with Gasteiger partial charge in [0.25, 0.3) is 0 Å². The molecule has 0 saturated heterocycles. The molecule has 0 N–H and O–H groups in total. The average Bonchev–Trinajstić information content (AvgIpc) is 3.88. The van der Waals surface area contributed by atoms with Gasteiger partial charge in [-0.15, -0.1) is 11.3 Å². The molecule has 0 aliphatic carbocycles. The van der Waals surface area contributed by atoms with Crippen LogP contribution in [-0.4, -0.2) is 15.0 Å². The first-order valence-corrected chi connectivity index (χ1v) is 19.9. The van der Waals surface area contributed by atoms with E-state index >= 15 is 0 Å². The molecule has 6 heteroatoms. The van der Waals surface area contributed by atoms with Crippen molar-refractivity contribution in [3.8, 4) is 73.6 Å². The van der Waals surface area contributed by atoms with E-state index in [1.54, 1.807) is 11.3 Å². The van der Waals surface area contributed by atoms with Crippen molar-refractivity contribution in [1.29, 1.82) is 5.26 Å². The van der Waals surface area contributed by atoms with Crippen LogP contribution in [0.1, 0.15) is 5.56 Å². The summed E-state index contributed by atoms with van der Waals surface area (Å²) in [4.78, 5) is 15.5. The zero-order valence-corrected chi connectivity index (χ0v) is 31.7. The number of rotatable bonds is 6. The first-order chi connectivity index (χ1) is 28.7. The van der Waals surface area contributed by atoms with Crippen LogP contribution in [0.5, 0.6) is 0 Å². The Morgan fingerprint density at radius 3 is 1.84 bits per heavy atom. The number of furan rings is 1. The van der Waals surface area contributed by atoms with E-state index in [0.29, 0.717) is 23.0 Å². The molecule has 0 saturated carbocycles. The SMILES string of the molecule is N#Cc1cccc(-c2cccc(-c3nc(-c4ccc5c(c4)oc4cccc(-c6ccc(-c7ccccc7)cc6)c45)nc(-c4cccc5sc6ccccc6c45)n3)c2)c1. The van der Waals surface area contributed by atoms with Crippen molar-refractivity contribution in [2.45, 2.75) is 0 Å². The van der Waals surface area contributed by atoms with Gasteiger partial charge in [-0.2, -0.15) is 5.26 Å². The Hall–Kier alpha value is -7.72. The third kappa shape index (κ3) is 5.81. The number of thiophene rings is 1. The molecule has 11 aromatic rings. The largest absolute Gasteiger partial charge is 0.456 e. The molecule has 0 atom stereocenters. The zero-order chi connectivity index (χ0) is 38.6. The Bertz CT molecular complexity index is 3410. The fraction of sp³-hybridized carbons (Fsp3) is 0. The van der Waals surface area contributed by atoms with Crippen molar-refractivity contribution >= 4 is 53.4 Å². The summed E-state index contributed by atoms with van der Waals surface area (Å²) >= 11 is 1.77. The van der Waals surface area contributed by atoms with Gasteiger partial charge >= 0.3 is 0 Å². The van der Waals surface area contributed by atoms with Crippen LogP contribution >= 0.6 is 11.3 Å². The van der Waals surface area contributed by atoms with E-state index in [4.69, 9.17) is 19.4 Å². The lowest BCUT2D eigenvalue weighted by molar-refractivity contribution is 0.669. The number of hydrogen-bond acceptors (Lipinski definition) is 6. The molecule has 0 bridgehead atoms. The predicted molar refractivity (Wildman–Crippen MR) is 237 cm³/mol. The van der Waals surface area contributed by atoms with Crippen molar-refractivity contribution in [3.63, 3.8) is 0 Å². The Kier molecular flexibility index (Phi) is 7.99. The number of aromatic nitrogens is 3. The second-order valence-electron chi connectivity index (χ2n) is 14.3. The molecule has 8 aromatic carbocycles. The summed E-state index contributed by atoms with van der Waals surface area (Å²) in [5.74, 6) is 1.70. The second-order valence-corrected chi connectivity index (χ2v) is 15.4. The minimum atomic E-state index is 0.549. The van der Waals surface area contributed by atoms with Crippen LogP contribution in [0.2, 0.25) is 0 Å². The topological polar surface area (TPSA) is 75.6 Å². The summed E-state index contributed by atoms with van der Waals surface area (Å²) in [5, 5.41) is 14.0. The molecule has 58 heavy (non-hydrogen) atoms. The van der Waals surface area contributed by atoms with Crippen LogP contribution in [0, 0.1) is 11.3 Å². The number of benzene rings is 8. The molecule has 5 nitrogen and oxygen atoms in total. The standard InChI is InChI=1S/C52H30N4OS/c53-31-32-10-6-13-36(28-32)37-14-7-15-38(29-37)50-54-51(56-52(55-50)43-18-9-21-47-49(43)42-16-4-5-20-46(42)58-47)39-26-27-41-45(30-39)57-44-19-8-17-40(48(41)44)35-24-22-34(23-25-35)33-11-2-1-3-12-33/h1-30H. The van der Waals surface area contributed by atoms with Crippen molar-refractivity contribution in [2.75, 3.05) is 0 Å². The molecule has 0 radical (unpaired) electrons. The fourth-order valence-corrected chi connectivity index (χ4v) is 9.13. The normalized spacial score (nSPS) is 11.4. The van der Waals surface area contributed by atoms with Gasteiger partial charge < -0.3 is 4.42 Å². The van der Waals surface area contributed by atoms with E-state index in [1.807, 2.05) is 60.7 Å². The minimum absolute atomic E-state index is 0.549. The van der Waals surface area contributed by atoms with Gasteiger partial charge in [0.15, 0.2) is 17.5 Å². The number of hydrogen-bond donors (Lipinski definition) is 0. The van der Waals surface area contributed by atoms with Gasteiger partial charge in [-0.1, -0.05) is 133 Å². The van der Waals surface area contributed by atoms with Crippen LogP contribution in [0.15, 0.2) is 186 Å². The summed E-state index contributed by atoms with van der Waals surface area (Å²) in [7, 11) is 0. The van der Waals surface area contributed by atoms with Crippen molar-refractivity contribution in [1.82, 2.24) is 15.0 Å². The van der Waals surface area contributed by atoms with Gasteiger partial charge in [0.05, 0.1) is 11.6 Å². The van der Waals surface area contributed by atoms with Gasteiger partial charge in [0.1, 0.15) is 11.2 Å². The minimum Gasteiger partial charge on any atom is -0.456 e.